The van der Waals surface area contributed by atoms with Crippen LogP contribution in [0.3, 0.4) is 0 Å². The zero-order valence-corrected chi connectivity index (χ0v) is 13.8. The number of nitrogens with zero attached hydrogens (tertiary/aromatic N) is 4. The number of nitrogens with two attached hydrogens (primary N) is 1. The van der Waals surface area contributed by atoms with Crippen molar-refractivity contribution in [1.82, 2.24) is 14.7 Å². The van der Waals surface area contributed by atoms with E-state index in [4.69, 9.17) is 5.73 Å². The Morgan fingerprint density at radius 3 is 2.73 bits per heavy atom. The van der Waals surface area contributed by atoms with Crippen LogP contribution in [0.1, 0.15) is 33.1 Å². The molecule has 2 N–H and O–H groups in total. The van der Waals surface area contributed by atoms with Crippen molar-refractivity contribution in [2.24, 2.45) is 18.2 Å². The van der Waals surface area contributed by atoms with Gasteiger partial charge < -0.3 is 5.73 Å². The van der Waals surface area contributed by atoms with Gasteiger partial charge in [0.25, 0.3) is 0 Å². The third kappa shape index (κ3) is 2.77. The van der Waals surface area contributed by atoms with E-state index in [2.05, 4.69) is 23.8 Å². The maximum absolute atomic E-state index is 12.9. The monoisotopic (exact) mass is 305 g/mol. The van der Waals surface area contributed by atoms with Crippen LogP contribution in [0.4, 0.5) is 5.82 Å². The lowest BCUT2D eigenvalue weighted by molar-refractivity contribution is -0.127. The smallest absolute Gasteiger partial charge is 0.245 e. The lowest BCUT2D eigenvalue weighted by atomic mass is 9.79. The molecule has 3 heterocycles. The number of hydrogen-bond donors (Lipinski definition) is 1. The zero-order chi connectivity index (χ0) is 15.9. The van der Waals surface area contributed by atoms with E-state index in [9.17, 15) is 4.79 Å². The minimum atomic E-state index is -0.0254. The molecule has 6 nitrogen and oxygen atoms in total. The van der Waals surface area contributed by atoms with Crippen molar-refractivity contribution in [2.75, 3.05) is 24.5 Å². The van der Waals surface area contributed by atoms with Crippen LogP contribution < -0.4 is 10.6 Å². The molecule has 2 aliphatic rings. The first kappa shape index (κ1) is 15.5. The first-order valence-corrected chi connectivity index (χ1v) is 8.19. The largest absolute Gasteiger partial charge is 0.327 e. The van der Waals surface area contributed by atoms with Crippen LogP contribution in [-0.2, 0) is 11.8 Å². The van der Waals surface area contributed by atoms with E-state index in [0.717, 1.165) is 44.7 Å². The molecule has 2 aliphatic heterocycles. The number of amides is 1. The minimum absolute atomic E-state index is 0.0254. The summed E-state index contributed by atoms with van der Waals surface area (Å²) in [5.74, 6) is 0.960. The molecule has 122 valence electrons. The van der Waals surface area contributed by atoms with Crippen LogP contribution in [-0.4, -0.2) is 52.3 Å². The SMILES string of the molecule is Cn1ccc(N2CCCC(N3CCC(N)C(C)(C)C3)C2=O)n1. The van der Waals surface area contributed by atoms with Crippen LogP contribution in [0.15, 0.2) is 12.3 Å². The number of aromatic nitrogens is 2. The Morgan fingerprint density at radius 2 is 2.09 bits per heavy atom. The molecular weight excluding hydrogens is 278 g/mol. The average Bonchev–Trinajstić information content (AvgIpc) is 2.88. The number of aryl methyl sites for hydroxylation is 1. The fraction of sp³-hybridized carbons (Fsp3) is 0.750. The van der Waals surface area contributed by atoms with Crippen LogP contribution in [0.5, 0.6) is 0 Å². The molecule has 0 bridgehead atoms. The van der Waals surface area contributed by atoms with Gasteiger partial charge in [-0.3, -0.25) is 19.3 Å². The second-order valence-electron chi connectivity index (χ2n) is 7.35. The predicted molar refractivity (Wildman–Crippen MR) is 86.5 cm³/mol. The summed E-state index contributed by atoms with van der Waals surface area (Å²) in [6, 6.07) is 2.10. The van der Waals surface area contributed by atoms with Gasteiger partial charge in [0.05, 0.1) is 6.04 Å². The second kappa shape index (κ2) is 5.66. The highest BCUT2D eigenvalue weighted by molar-refractivity contribution is 5.97. The molecular formula is C16H27N5O. The van der Waals surface area contributed by atoms with Gasteiger partial charge in [0.1, 0.15) is 0 Å². The lowest BCUT2D eigenvalue weighted by Crippen LogP contribution is -2.60. The number of hydrogen-bond acceptors (Lipinski definition) is 4. The fourth-order valence-corrected chi connectivity index (χ4v) is 3.65. The van der Waals surface area contributed by atoms with Gasteiger partial charge >= 0.3 is 0 Å². The maximum Gasteiger partial charge on any atom is 0.245 e. The molecule has 2 saturated heterocycles. The van der Waals surface area contributed by atoms with Crippen molar-refractivity contribution in [1.29, 1.82) is 0 Å². The third-order valence-corrected chi connectivity index (χ3v) is 5.17. The summed E-state index contributed by atoms with van der Waals surface area (Å²) in [6.45, 7) is 6.97. The molecule has 1 amide bonds. The van der Waals surface area contributed by atoms with E-state index in [1.54, 1.807) is 4.68 Å². The first-order chi connectivity index (χ1) is 10.4. The highest BCUT2D eigenvalue weighted by Gasteiger charge is 2.41. The molecule has 0 saturated carbocycles. The first-order valence-electron chi connectivity index (χ1n) is 8.19. The summed E-state index contributed by atoms with van der Waals surface area (Å²) in [7, 11) is 1.88. The molecule has 2 fully saturated rings. The number of rotatable bonds is 2. The highest BCUT2D eigenvalue weighted by atomic mass is 16.2. The van der Waals surface area contributed by atoms with Crippen molar-refractivity contribution in [3.8, 4) is 0 Å². The van der Waals surface area contributed by atoms with Crippen LogP contribution in [0.25, 0.3) is 0 Å². The molecule has 2 atom stereocenters. The second-order valence-corrected chi connectivity index (χ2v) is 7.35. The number of carbonyl (C=O) groups is 1. The molecule has 1 aromatic heterocycles. The van der Waals surface area contributed by atoms with E-state index < -0.39 is 0 Å². The molecule has 0 radical (unpaired) electrons. The Kier molecular flexibility index (Phi) is 3.99. The van der Waals surface area contributed by atoms with Gasteiger partial charge in [0.15, 0.2) is 5.82 Å². The van der Waals surface area contributed by atoms with Gasteiger partial charge in [0, 0.05) is 45.0 Å². The van der Waals surface area contributed by atoms with Crippen LogP contribution >= 0.6 is 0 Å². The fourth-order valence-electron chi connectivity index (χ4n) is 3.65. The van der Waals surface area contributed by atoms with Gasteiger partial charge in [-0.25, -0.2) is 0 Å². The van der Waals surface area contributed by atoms with E-state index in [0.29, 0.717) is 0 Å². The zero-order valence-electron chi connectivity index (χ0n) is 13.8. The predicted octanol–water partition coefficient (Wildman–Crippen LogP) is 0.975. The molecule has 0 aliphatic carbocycles. The Hall–Kier alpha value is -1.40. The molecule has 6 heteroatoms. The Balaban J connectivity index is 1.75. The van der Waals surface area contributed by atoms with Gasteiger partial charge in [-0.2, -0.15) is 5.10 Å². The van der Waals surface area contributed by atoms with Crippen LogP contribution in [0, 0.1) is 5.41 Å². The van der Waals surface area contributed by atoms with Crippen molar-refractivity contribution in [3.63, 3.8) is 0 Å². The van der Waals surface area contributed by atoms with Gasteiger partial charge in [-0.1, -0.05) is 13.8 Å². The van der Waals surface area contributed by atoms with E-state index in [1.165, 1.54) is 0 Å². The summed E-state index contributed by atoms with van der Waals surface area (Å²) >= 11 is 0. The summed E-state index contributed by atoms with van der Waals surface area (Å²) in [4.78, 5) is 17.1. The number of carbonyl (C=O) groups excluding carboxylic acids is 1. The molecule has 1 aromatic rings. The highest BCUT2D eigenvalue weighted by Crippen LogP contribution is 2.31. The lowest BCUT2D eigenvalue weighted by Gasteiger charge is -2.47. The minimum Gasteiger partial charge on any atom is -0.327 e. The molecule has 0 aromatic carbocycles. The van der Waals surface area contributed by atoms with E-state index in [-0.39, 0.29) is 23.4 Å². The molecule has 0 spiro atoms. The maximum atomic E-state index is 12.9. The summed E-state index contributed by atoms with van der Waals surface area (Å²) in [6.07, 6.45) is 4.80. The average molecular weight is 305 g/mol. The summed E-state index contributed by atoms with van der Waals surface area (Å²) < 4.78 is 1.75. The van der Waals surface area contributed by atoms with Crippen LogP contribution in [0.2, 0.25) is 0 Å². The summed E-state index contributed by atoms with van der Waals surface area (Å²) in [5.41, 5.74) is 6.29. The van der Waals surface area contributed by atoms with Crippen molar-refractivity contribution in [3.05, 3.63) is 12.3 Å². The number of piperidine rings is 2. The standard InChI is InChI=1S/C16H27N5O/c1-16(2)11-20(10-6-13(16)17)12-5-4-8-21(15(12)22)14-7-9-19(3)18-14/h7,9,12-13H,4-6,8,10-11,17H2,1-3H3. The van der Waals surface area contributed by atoms with Crippen molar-refractivity contribution >= 4 is 11.7 Å². The van der Waals surface area contributed by atoms with Crippen molar-refractivity contribution < 1.29 is 4.79 Å². The van der Waals surface area contributed by atoms with Gasteiger partial charge in [0.2, 0.25) is 5.91 Å². The van der Waals surface area contributed by atoms with Crippen molar-refractivity contribution in [2.45, 2.75) is 45.2 Å². The Bertz CT molecular complexity index is 552. The van der Waals surface area contributed by atoms with E-state index >= 15 is 0 Å². The topological polar surface area (TPSA) is 67.4 Å². The van der Waals surface area contributed by atoms with E-state index in [1.807, 2.05) is 24.2 Å². The third-order valence-electron chi connectivity index (χ3n) is 5.17. The van der Waals surface area contributed by atoms with Gasteiger partial charge in [-0.05, 0) is 24.7 Å². The number of anilines is 1. The number of likely N-dealkylation sites (tertiary alicyclic amines) is 1. The quantitative estimate of drug-likeness (QED) is 0.884. The Labute approximate surface area is 132 Å². The Morgan fingerprint density at radius 1 is 1.32 bits per heavy atom. The summed E-state index contributed by atoms with van der Waals surface area (Å²) in [5, 5.41) is 4.39. The molecule has 2 unspecified atom stereocenters. The molecule has 3 rings (SSSR count). The van der Waals surface area contributed by atoms with Gasteiger partial charge in [-0.15, -0.1) is 0 Å². The molecule has 22 heavy (non-hydrogen) atoms. The normalized spacial score (nSPS) is 29.8.